The van der Waals surface area contributed by atoms with Gasteiger partial charge in [0.05, 0.1) is 19.8 Å². The molecule has 0 unspecified atom stereocenters. The number of halogens is 1. The van der Waals surface area contributed by atoms with Crippen molar-refractivity contribution >= 4 is 45.5 Å². The molecule has 2 aromatic rings. The number of carbonyl (C=O) groups is 1. The molecule has 0 bridgehead atoms. The maximum absolute atomic E-state index is 11.9. The highest BCUT2D eigenvalue weighted by Gasteiger charge is 2.09. The fraction of sp³-hybridized carbons (Fsp3) is 0.167. The van der Waals surface area contributed by atoms with Gasteiger partial charge in [0, 0.05) is 11.1 Å². The lowest BCUT2D eigenvalue weighted by atomic mass is 10.2. The molecule has 0 fully saturated rings. The summed E-state index contributed by atoms with van der Waals surface area (Å²) < 4.78 is 1.10. The average Bonchev–Trinajstić information content (AvgIpc) is 2.69. The Morgan fingerprint density at radius 1 is 1.41 bits per heavy atom. The molecule has 0 saturated carbocycles. The van der Waals surface area contributed by atoms with Crippen LogP contribution in [0.15, 0.2) is 23.6 Å². The van der Waals surface area contributed by atoms with Gasteiger partial charge in [-0.2, -0.15) is 0 Å². The zero-order valence-electron chi connectivity index (χ0n) is 9.45. The van der Waals surface area contributed by atoms with Crippen molar-refractivity contribution in [1.29, 1.82) is 0 Å². The van der Waals surface area contributed by atoms with Crippen LogP contribution in [0.5, 0.6) is 0 Å². The third kappa shape index (κ3) is 3.04. The summed E-state index contributed by atoms with van der Waals surface area (Å²) in [7, 11) is 0. The molecular formula is C12H11IN2OS. The zero-order valence-corrected chi connectivity index (χ0v) is 12.4. The van der Waals surface area contributed by atoms with Gasteiger partial charge in [0.15, 0.2) is 0 Å². The number of amides is 1. The molecule has 0 spiro atoms. The van der Waals surface area contributed by atoms with E-state index in [4.69, 9.17) is 0 Å². The molecule has 0 aliphatic rings. The lowest BCUT2D eigenvalue weighted by Gasteiger charge is -2.07. The summed E-state index contributed by atoms with van der Waals surface area (Å²) in [6, 6.07) is 5.64. The number of aryl methyl sites for hydroxylation is 2. The van der Waals surface area contributed by atoms with Crippen molar-refractivity contribution in [2.24, 2.45) is 0 Å². The molecule has 3 nitrogen and oxygen atoms in total. The van der Waals surface area contributed by atoms with Crippen molar-refractivity contribution in [1.82, 2.24) is 4.98 Å². The minimum absolute atomic E-state index is 0.0853. The first-order valence-electron chi connectivity index (χ1n) is 5.06. The highest BCUT2D eigenvalue weighted by molar-refractivity contribution is 14.1. The summed E-state index contributed by atoms with van der Waals surface area (Å²) in [4.78, 5) is 16.2. The van der Waals surface area contributed by atoms with Gasteiger partial charge in [-0.15, -0.1) is 11.3 Å². The average molecular weight is 358 g/mol. The Balaban J connectivity index is 2.18. The SMILES string of the molecule is Cc1ccc(NC(=O)c2csc(I)c2)c(C)n1. The number of pyridine rings is 1. The van der Waals surface area contributed by atoms with Crippen molar-refractivity contribution in [3.63, 3.8) is 0 Å². The number of carbonyl (C=O) groups excluding carboxylic acids is 1. The normalized spacial score (nSPS) is 10.3. The first-order valence-corrected chi connectivity index (χ1v) is 7.02. The van der Waals surface area contributed by atoms with E-state index in [-0.39, 0.29) is 5.91 Å². The van der Waals surface area contributed by atoms with E-state index in [9.17, 15) is 4.79 Å². The number of hydrogen-bond donors (Lipinski definition) is 1. The second-order valence-corrected chi connectivity index (χ2v) is 6.48. The predicted octanol–water partition coefficient (Wildman–Crippen LogP) is 3.62. The van der Waals surface area contributed by atoms with Crippen molar-refractivity contribution in [3.8, 4) is 0 Å². The maximum Gasteiger partial charge on any atom is 0.256 e. The van der Waals surface area contributed by atoms with Gasteiger partial charge in [-0.1, -0.05) is 0 Å². The number of aromatic nitrogens is 1. The molecule has 17 heavy (non-hydrogen) atoms. The van der Waals surface area contributed by atoms with E-state index >= 15 is 0 Å². The molecule has 1 amide bonds. The van der Waals surface area contributed by atoms with Crippen molar-refractivity contribution < 1.29 is 4.79 Å². The number of hydrogen-bond acceptors (Lipinski definition) is 3. The molecule has 0 atom stereocenters. The van der Waals surface area contributed by atoms with E-state index in [0.29, 0.717) is 5.56 Å². The quantitative estimate of drug-likeness (QED) is 0.834. The van der Waals surface area contributed by atoms with Gasteiger partial charge in [-0.25, -0.2) is 0 Å². The van der Waals surface area contributed by atoms with Gasteiger partial charge >= 0.3 is 0 Å². The van der Waals surface area contributed by atoms with Crippen LogP contribution in [-0.4, -0.2) is 10.9 Å². The number of rotatable bonds is 2. The second-order valence-electron chi connectivity index (χ2n) is 3.68. The second kappa shape index (κ2) is 5.14. The zero-order chi connectivity index (χ0) is 12.4. The fourth-order valence-electron chi connectivity index (χ4n) is 1.44. The van der Waals surface area contributed by atoms with Gasteiger partial charge in [-0.3, -0.25) is 9.78 Å². The summed E-state index contributed by atoms with van der Waals surface area (Å²) in [6.07, 6.45) is 0. The van der Waals surface area contributed by atoms with Crippen LogP contribution >= 0.6 is 33.9 Å². The highest BCUT2D eigenvalue weighted by Crippen LogP contribution is 2.19. The molecule has 0 saturated heterocycles. The van der Waals surface area contributed by atoms with Crippen LogP contribution in [0.2, 0.25) is 0 Å². The lowest BCUT2D eigenvalue weighted by molar-refractivity contribution is 0.102. The molecule has 1 N–H and O–H groups in total. The van der Waals surface area contributed by atoms with Gasteiger partial charge < -0.3 is 5.32 Å². The van der Waals surface area contributed by atoms with Gasteiger partial charge in [0.25, 0.3) is 5.91 Å². The van der Waals surface area contributed by atoms with E-state index in [1.807, 2.05) is 37.4 Å². The summed E-state index contributed by atoms with van der Waals surface area (Å²) in [6.45, 7) is 3.82. The molecule has 0 aliphatic carbocycles. The molecule has 5 heteroatoms. The lowest BCUT2D eigenvalue weighted by Crippen LogP contribution is -2.12. The van der Waals surface area contributed by atoms with Crippen molar-refractivity contribution in [2.45, 2.75) is 13.8 Å². The Bertz CT molecular complexity index is 565. The molecule has 2 heterocycles. The monoisotopic (exact) mass is 358 g/mol. The highest BCUT2D eigenvalue weighted by atomic mass is 127. The topological polar surface area (TPSA) is 42.0 Å². The molecule has 2 aromatic heterocycles. The number of anilines is 1. The van der Waals surface area contributed by atoms with Crippen LogP contribution in [0.1, 0.15) is 21.7 Å². The minimum Gasteiger partial charge on any atom is -0.320 e. The van der Waals surface area contributed by atoms with Crippen molar-refractivity contribution in [2.75, 3.05) is 5.32 Å². The Hall–Kier alpha value is -0.950. The van der Waals surface area contributed by atoms with E-state index in [1.54, 1.807) is 11.3 Å². The predicted molar refractivity (Wildman–Crippen MR) is 78.7 cm³/mol. The fourth-order valence-corrected chi connectivity index (χ4v) is 2.77. The van der Waals surface area contributed by atoms with Crippen LogP contribution < -0.4 is 5.32 Å². The molecule has 0 aromatic carbocycles. The Morgan fingerprint density at radius 3 is 2.76 bits per heavy atom. The smallest absolute Gasteiger partial charge is 0.256 e. The van der Waals surface area contributed by atoms with Crippen LogP contribution in [0.3, 0.4) is 0 Å². The molecule has 88 valence electrons. The largest absolute Gasteiger partial charge is 0.320 e. The summed E-state index contributed by atoms with van der Waals surface area (Å²) >= 11 is 3.76. The maximum atomic E-state index is 11.9. The Labute approximate surface area is 117 Å². The summed E-state index contributed by atoms with van der Waals surface area (Å²) in [5.74, 6) is -0.0853. The van der Waals surface area contributed by atoms with Gasteiger partial charge in [0.1, 0.15) is 0 Å². The Morgan fingerprint density at radius 2 is 2.18 bits per heavy atom. The van der Waals surface area contributed by atoms with Crippen LogP contribution in [-0.2, 0) is 0 Å². The van der Waals surface area contributed by atoms with E-state index in [2.05, 4.69) is 32.9 Å². The van der Waals surface area contributed by atoms with Gasteiger partial charge in [-0.05, 0) is 54.6 Å². The minimum atomic E-state index is -0.0853. The van der Waals surface area contributed by atoms with Crippen LogP contribution in [0, 0.1) is 16.7 Å². The number of nitrogens with zero attached hydrogens (tertiary/aromatic N) is 1. The van der Waals surface area contributed by atoms with Crippen LogP contribution in [0.4, 0.5) is 5.69 Å². The third-order valence-corrected chi connectivity index (χ3v) is 4.09. The number of nitrogens with one attached hydrogen (secondary N) is 1. The van der Waals surface area contributed by atoms with E-state index in [1.165, 1.54) is 0 Å². The Kier molecular flexibility index (Phi) is 3.78. The van der Waals surface area contributed by atoms with Crippen LogP contribution in [0.25, 0.3) is 0 Å². The molecule has 0 aliphatic heterocycles. The first-order chi connectivity index (χ1) is 8.06. The van der Waals surface area contributed by atoms with E-state index < -0.39 is 0 Å². The summed E-state index contributed by atoms with van der Waals surface area (Å²) in [5.41, 5.74) is 3.25. The third-order valence-electron chi connectivity index (χ3n) is 2.30. The summed E-state index contributed by atoms with van der Waals surface area (Å²) in [5, 5.41) is 4.72. The number of thiophene rings is 1. The molecule has 2 rings (SSSR count). The first kappa shape index (κ1) is 12.5. The standard InChI is InChI=1S/C12H11IN2OS/c1-7-3-4-10(8(2)14-7)15-12(16)9-5-11(13)17-6-9/h3-6H,1-2H3,(H,15,16). The molecule has 0 radical (unpaired) electrons. The molecular weight excluding hydrogens is 347 g/mol. The van der Waals surface area contributed by atoms with Crippen molar-refractivity contribution in [3.05, 3.63) is 43.4 Å². The van der Waals surface area contributed by atoms with E-state index in [0.717, 1.165) is 20.0 Å². The van der Waals surface area contributed by atoms with Gasteiger partial charge in [0.2, 0.25) is 0 Å².